The van der Waals surface area contributed by atoms with Gasteiger partial charge in [0.1, 0.15) is 6.79 Å². The minimum absolute atomic E-state index is 0.00286. The van der Waals surface area contributed by atoms with Crippen molar-refractivity contribution in [3.63, 3.8) is 0 Å². The first-order valence-electron chi connectivity index (χ1n) is 15.9. The third kappa shape index (κ3) is 7.68. The zero-order valence-corrected chi connectivity index (χ0v) is 29.0. The summed E-state index contributed by atoms with van der Waals surface area (Å²) in [6.45, 7) is 18.8. The molecule has 3 unspecified atom stereocenters. The summed E-state index contributed by atoms with van der Waals surface area (Å²) in [6.07, 6.45) is 4.11. The van der Waals surface area contributed by atoms with Crippen molar-refractivity contribution in [2.75, 3.05) is 12.0 Å². The van der Waals surface area contributed by atoms with E-state index in [0.29, 0.717) is 5.92 Å². The number of ether oxygens (including phenoxy) is 1. The Bertz CT molecular complexity index is 1580. The monoisotopic (exact) mass is 617 g/mol. The molecule has 4 aromatic carbocycles. The topological polar surface area (TPSA) is 49.8 Å². The number of fused-ring (bicyclic) bond motifs is 6. The van der Waals surface area contributed by atoms with E-state index in [1.807, 2.05) is 63.1 Å². The fourth-order valence-corrected chi connectivity index (χ4v) is 6.45. The maximum absolute atomic E-state index is 11.8. The van der Waals surface area contributed by atoms with Crippen molar-refractivity contribution in [3.05, 3.63) is 149 Å². The van der Waals surface area contributed by atoms with Crippen LogP contribution in [0.2, 0.25) is 0 Å². The molecule has 0 radical (unpaired) electrons. The third-order valence-electron chi connectivity index (χ3n) is 8.98. The van der Waals surface area contributed by atoms with Gasteiger partial charge in [-0.1, -0.05) is 135 Å². The smallest absolute Gasteiger partial charge is 0.106 e. The minimum Gasteiger partial charge on any atom is -0.502 e. The molecule has 0 aliphatic carbocycles. The number of nitrogens with zero attached hydrogens (tertiary/aromatic N) is 1. The number of carbonyl (C=O) groups excluding carboxylic acids is 1. The van der Waals surface area contributed by atoms with Crippen molar-refractivity contribution in [3.8, 4) is 11.1 Å². The van der Waals surface area contributed by atoms with Crippen LogP contribution in [-0.4, -0.2) is 24.6 Å². The van der Waals surface area contributed by atoms with Gasteiger partial charge in [-0.3, -0.25) is 0 Å². The van der Waals surface area contributed by atoms with Gasteiger partial charge in [-0.25, -0.2) is 0 Å². The number of methoxy groups -OCH3 is 1. The van der Waals surface area contributed by atoms with E-state index in [1.165, 1.54) is 44.8 Å². The number of aliphatic hydroxyl groups is 1. The Hall–Kier alpha value is -4.41. The highest BCUT2D eigenvalue weighted by Gasteiger charge is 2.56. The van der Waals surface area contributed by atoms with Gasteiger partial charge in [0.05, 0.1) is 24.5 Å². The SMILES string of the molecule is C=O.CO/C(C)=C\C(C)(O)C1(C)C=C(C)N2c3ccccc3-c3cccc(C(C)C)c3C21.Cc1ccccc1.Cc1ccccc1. The van der Waals surface area contributed by atoms with Gasteiger partial charge in [-0.05, 0) is 69.4 Å². The largest absolute Gasteiger partial charge is 0.502 e. The fourth-order valence-electron chi connectivity index (χ4n) is 6.45. The summed E-state index contributed by atoms with van der Waals surface area (Å²) in [4.78, 5) is 10.4. The normalized spacial score (nSPS) is 18.8. The third-order valence-corrected chi connectivity index (χ3v) is 8.98. The molecule has 2 aliphatic heterocycles. The van der Waals surface area contributed by atoms with Crippen LogP contribution in [0.1, 0.15) is 75.8 Å². The molecular weight excluding hydrogens is 566 g/mol. The van der Waals surface area contributed by atoms with Gasteiger partial charge in [0.2, 0.25) is 0 Å². The molecule has 0 fully saturated rings. The Morgan fingerprint density at radius 2 is 1.35 bits per heavy atom. The molecule has 242 valence electrons. The summed E-state index contributed by atoms with van der Waals surface area (Å²) in [5.74, 6) is 1.11. The average molecular weight is 618 g/mol. The molecule has 0 spiro atoms. The summed E-state index contributed by atoms with van der Waals surface area (Å²) in [7, 11) is 1.65. The minimum atomic E-state index is -1.10. The van der Waals surface area contributed by atoms with E-state index >= 15 is 0 Å². The van der Waals surface area contributed by atoms with Crippen molar-refractivity contribution < 1.29 is 14.6 Å². The lowest BCUT2D eigenvalue weighted by atomic mass is 9.65. The molecule has 2 heterocycles. The highest BCUT2D eigenvalue weighted by molar-refractivity contribution is 5.88. The quantitative estimate of drug-likeness (QED) is 0.232. The van der Waals surface area contributed by atoms with Gasteiger partial charge in [-0.15, -0.1) is 0 Å². The van der Waals surface area contributed by atoms with Crippen LogP contribution in [0.3, 0.4) is 0 Å². The van der Waals surface area contributed by atoms with Gasteiger partial charge in [0.25, 0.3) is 0 Å². The average Bonchev–Trinajstić information content (AvgIpc) is 3.34. The van der Waals surface area contributed by atoms with E-state index in [4.69, 9.17) is 9.53 Å². The second-order valence-corrected chi connectivity index (χ2v) is 12.7. The molecule has 0 amide bonds. The Labute approximate surface area is 277 Å². The molecule has 6 rings (SSSR count). The molecule has 0 saturated carbocycles. The van der Waals surface area contributed by atoms with Crippen molar-refractivity contribution >= 4 is 12.5 Å². The molecule has 0 bridgehead atoms. The molecule has 0 aromatic heterocycles. The molecule has 3 atom stereocenters. The van der Waals surface area contributed by atoms with Crippen LogP contribution in [0, 0.1) is 19.3 Å². The fraction of sp³-hybridized carbons (Fsp3) is 0.310. The Balaban J connectivity index is 0.000000293. The van der Waals surface area contributed by atoms with Crippen LogP contribution in [0.25, 0.3) is 11.1 Å². The van der Waals surface area contributed by atoms with Crippen LogP contribution in [0.5, 0.6) is 0 Å². The summed E-state index contributed by atoms with van der Waals surface area (Å²) < 4.78 is 5.41. The van der Waals surface area contributed by atoms with Crippen LogP contribution >= 0.6 is 0 Å². The number of benzene rings is 4. The highest BCUT2D eigenvalue weighted by atomic mass is 16.5. The summed E-state index contributed by atoms with van der Waals surface area (Å²) in [5.41, 5.74) is 8.58. The lowest BCUT2D eigenvalue weighted by Crippen LogP contribution is -2.48. The van der Waals surface area contributed by atoms with Gasteiger partial charge in [0, 0.05) is 22.4 Å². The van der Waals surface area contributed by atoms with Crippen molar-refractivity contribution in [1.82, 2.24) is 0 Å². The van der Waals surface area contributed by atoms with Crippen LogP contribution in [-0.2, 0) is 9.53 Å². The zero-order valence-electron chi connectivity index (χ0n) is 29.0. The van der Waals surface area contributed by atoms with Crippen molar-refractivity contribution in [2.24, 2.45) is 5.41 Å². The van der Waals surface area contributed by atoms with Crippen LogP contribution in [0.4, 0.5) is 5.69 Å². The first-order chi connectivity index (χ1) is 21.9. The highest BCUT2D eigenvalue weighted by Crippen LogP contribution is 2.61. The number of hydrogen-bond acceptors (Lipinski definition) is 4. The summed E-state index contributed by atoms with van der Waals surface area (Å²) in [6, 6.07) is 35.8. The Morgan fingerprint density at radius 1 is 0.848 bits per heavy atom. The molecule has 4 nitrogen and oxygen atoms in total. The van der Waals surface area contributed by atoms with E-state index in [0.717, 1.165) is 5.76 Å². The van der Waals surface area contributed by atoms with E-state index in [1.54, 1.807) is 7.11 Å². The molecule has 46 heavy (non-hydrogen) atoms. The number of para-hydroxylation sites is 1. The molecule has 1 N–H and O–H groups in total. The van der Waals surface area contributed by atoms with Crippen molar-refractivity contribution in [2.45, 2.75) is 73.0 Å². The Morgan fingerprint density at radius 3 is 1.83 bits per heavy atom. The zero-order chi connectivity index (χ0) is 34.1. The van der Waals surface area contributed by atoms with Gasteiger partial charge in [-0.2, -0.15) is 0 Å². The van der Waals surface area contributed by atoms with E-state index in [2.05, 4.69) is 119 Å². The van der Waals surface area contributed by atoms with E-state index < -0.39 is 11.0 Å². The maximum Gasteiger partial charge on any atom is 0.106 e. The van der Waals surface area contributed by atoms with Crippen molar-refractivity contribution in [1.29, 1.82) is 0 Å². The number of carbonyl (C=O) groups is 1. The molecule has 2 aliphatic rings. The number of aryl methyl sites for hydroxylation is 2. The van der Waals surface area contributed by atoms with E-state index in [-0.39, 0.29) is 6.04 Å². The summed E-state index contributed by atoms with van der Waals surface area (Å²) >= 11 is 0. The number of anilines is 1. The predicted molar refractivity (Wildman–Crippen MR) is 194 cm³/mol. The first kappa shape index (κ1) is 36.1. The second-order valence-electron chi connectivity index (χ2n) is 12.7. The van der Waals surface area contributed by atoms with Gasteiger partial charge >= 0.3 is 0 Å². The van der Waals surface area contributed by atoms with Gasteiger partial charge in [0.15, 0.2) is 0 Å². The van der Waals surface area contributed by atoms with Gasteiger partial charge < -0.3 is 19.5 Å². The molecular formula is C42H51NO3. The second kappa shape index (κ2) is 15.7. The maximum atomic E-state index is 11.8. The van der Waals surface area contributed by atoms with E-state index in [9.17, 15) is 5.11 Å². The predicted octanol–water partition coefficient (Wildman–Crippen LogP) is 10.4. The molecule has 0 saturated heterocycles. The number of rotatable bonds is 4. The standard InChI is InChI=1S/C27H33NO2.2C7H8.CH2O/c1-17(2)20-12-10-13-22-21-11-8-9-14-23(21)28-18(3)15-26(5,25(28)24(20)22)27(6,29)16-19(4)30-7;2*1-7-5-3-2-4-6-7;1-2/h8-17,25,29H,1-7H3;2*2-6H,1H3;1H2/b19-16-;;;. The lowest BCUT2D eigenvalue weighted by molar-refractivity contribution is -0.0980. The van der Waals surface area contributed by atoms with Crippen LogP contribution in [0.15, 0.2) is 127 Å². The molecule has 4 heteroatoms. The summed E-state index contributed by atoms with van der Waals surface area (Å²) in [5, 5.41) is 11.8. The number of allylic oxidation sites excluding steroid dienone is 2. The number of hydrogen-bond donors (Lipinski definition) is 1. The van der Waals surface area contributed by atoms with Crippen LogP contribution < -0.4 is 4.90 Å². The Kier molecular flexibility index (Phi) is 12.3. The molecule has 4 aromatic rings. The lowest BCUT2D eigenvalue weighted by Gasteiger charge is -2.48. The first-order valence-corrected chi connectivity index (χ1v) is 15.9.